The van der Waals surface area contributed by atoms with E-state index in [9.17, 15) is 5.11 Å². The van der Waals surface area contributed by atoms with Crippen molar-refractivity contribution in [2.75, 3.05) is 11.9 Å². The van der Waals surface area contributed by atoms with E-state index in [1.165, 1.54) is 6.33 Å². The minimum Gasteiger partial charge on any atom is -0.394 e. The van der Waals surface area contributed by atoms with Gasteiger partial charge in [-0.1, -0.05) is 0 Å². The Kier molecular flexibility index (Phi) is 3.14. The van der Waals surface area contributed by atoms with Crippen LogP contribution in [0.3, 0.4) is 0 Å². The maximum Gasteiger partial charge on any atom is 0.148 e. The Morgan fingerprint density at radius 1 is 1.42 bits per heavy atom. The Labute approximate surface area is 113 Å². The van der Waals surface area contributed by atoms with Crippen molar-refractivity contribution in [3.05, 3.63) is 35.7 Å². The standard InChI is InChI=1S/C12H13N5OS/c1-17-10(2-4-15-17)9(6-18)16-12-11-8(3-5-19-11)13-7-14-12/h2-5,7,9,18H,6H2,1H3,(H,13,14,16). The van der Waals surface area contributed by atoms with Crippen LogP contribution in [0.15, 0.2) is 30.0 Å². The van der Waals surface area contributed by atoms with Gasteiger partial charge in [-0.2, -0.15) is 5.10 Å². The lowest BCUT2D eigenvalue weighted by molar-refractivity contribution is 0.271. The summed E-state index contributed by atoms with van der Waals surface area (Å²) in [5.74, 6) is 0.736. The van der Waals surface area contributed by atoms with Crippen molar-refractivity contribution in [3.8, 4) is 0 Å². The van der Waals surface area contributed by atoms with E-state index in [0.29, 0.717) is 0 Å². The number of thiophene rings is 1. The molecule has 0 radical (unpaired) electrons. The van der Waals surface area contributed by atoms with Crippen molar-refractivity contribution < 1.29 is 5.11 Å². The van der Waals surface area contributed by atoms with Crippen LogP contribution in [-0.2, 0) is 7.05 Å². The highest BCUT2D eigenvalue weighted by atomic mass is 32.1. The second kappa shape index (κ2) is 4.94. The van der Waals surface area contributed by atoms with Gasteiger partial charge in [-0.05, 0) is 17.5 Å². The molecule has 0 fully saturated rings. The predicted octanol–water partition coefficient (Wildman–Crippen LogP) is 1.57. The summed E-state index contributed by atoms with van der Waals surface area (Å²) in [7, 11) is 1.85. The molecule has 1 atom stereocenters. The zero-order valence-corrected chi connectivity index (χ0v) is 11.1. The first-order chi connectivity index (χ1) is 9.29. The predicted molar refractivity (Wildman–Crippen MR) is 74.1 cm³/mol. The number of aliphatic hydroxyl groups is 1. The Morgan fingerprint density at radius 3 is 3.05 bits per heavy atom. The third kappa shape index (κ3) is 2.18. The number of fused-ring (bicyclic) bond motifs is 1. The quantitative estimate of drug-likeness (QED) is 0.756. The molecule has 0 bridgehead atoms. The molecule has 98 valence electrons. The minimum absolute atomic E-state index is 0.0313. The molecule has 0 saturated carbocycles. The van der Waals surface area contributed by atoms with Crippen molar-refractivity contribution >= 4 is 27.4 Å². The molecule has 0 amide bonds. The zero-order valence-electron chi connectivity index (χ0n) is 10.3. The van der Waals surface area contributed by atoms with Crippen LogP contribution >= 0.6 is 11.3 Å². The van der Waals surface area contributed by atoms with Gasteiger partial charge in [0.1, 0.15) is 12.1 Å². The second-order valence-electron chi connectivity index (χ2n) is 4.12. The van der Waals surface area contributed by atoms with Gasteiger partial charge in [0.05, 0.1) is 28.6 Å². The molecule has 0 saturated heterocycles. The monoisotopic (exact) mass is 275 g/mol. The number of aliphatic hydroxyl groups excluding tert-OH is 1. The van der Waals surface area contributed by atoms with Gasteiger partial charge >= 0.3 is 0 Å². The first-order valence-electron chi connectivity index (χ1n) is 5.83. The average molecular weight is 275 g/mol. The molecule has 0 aliphatic carbocycles. The largest absolute Gasteiger partial charge is 0.394 e. The first-order valence-corrected chi connectivity index (χ1v) is 6.71. The van der Waals surface area contributed by atoms with Crippen LogP contribution in [0.5, 0.6) is 0 Å². The van der Waals surface area contributed by atoms with Crippen LogP contribution < -0.4 is 5.32 Å². The van der Waals surface area contributed by atoms with E-state index in [2.05, 4.69) is 20.4 Å². The fourth-order valence-electron chi connectivity index (χ4n) is 2.00. The molecule has 0 aliphatic rings. The SMILES string of the molecule is Cn1nccc1C(CO)Nc1ncnc2ccsc12. The van der Waals surface area contributed by atoms with Crippen molar-refractivity contribution in [2.24, 2.45) is 7.05 Å². The molecule has 3 heterocycles. The molecular weight excluding hydrogens is 262 g/mol. The fourth-order valence-corrected chi connectivity index (χ4v) is 2.79. The molecule has 0 spiro atoms. The highest BCUT2D eigenvalue weighted by molar-refractivity contribution is 7.17. The Bertz CT molecular complexity index is 692. The van der Waals surface area contributed by atoms with Crippen LogP contribution in [0.25, 0.3) is 10.2 Å². The molecule has 2 N–H and O–H groups in total. The molecule has 3 aromatic heterocycles. The van der Waals surface area contributed by atoms with Crippen molar-refractivity contribution in [1.29, 1.82) is 0 Å². The lowest BCUT2D eigenvalue weighted by Crippen LogP contribution is -2.19. The number of hydrogen-bond donors (Lipinski definition) is 2. The molecule has 0 aliphatic heterocycles. The molecule has 3 rings (SSSR count). The van der Waals surface area contributed by atoms with Gasteiger partial charge in [0.2, 0.25) is 0 Å². The minimum atomic E-state index is -0.243. The van der Waals surface area contributed by atoms with Gasteiger partial charge < -0.3 is 10.4 Å². The Balaban J connectivity index is 1.95. The van der Waals surface area contributed by atoms with Gasteiger partial charge in [-0.3, -0.25) is 4.68 Å². The number of nitrogens with zero attached hydrogens (tertiary/aromatic N) is 4. The Morgan fingerprint density at radius 2 is 2.32 bits per heavy atom. The summed E-state index contributed by atoms with van der Waals surface area (Å²) in [6, 6.07) is 3.58. The summed E-state index contributed by atoms with van der Waals surface area (Å²) in [4.78, 5) is 8.45. The highest BCUT2D eigenvalue weighted by Gasteiger charge is 2.16. The molecule has 1 unspecified atom stereocenters. The smallest absolute Gasteiger partial charge is 0.148 e. The number of aryl methyl sites for hydroxylation is 1. The van der Waals surface area contributed by atoms with Crippen molar-refractivity contribution in [1.82, 2.24) is 19.7 Å². The number of anilines is 1. The third-order valence-corrected chi connectivity index (χ3v) is 3.86. The molecule has 19 heavy (non-hydrogen) atoms. The van der Waals surface area contributed by atoms with Gasteiger partial charge in [-0.15, -0.1) is 11.3 Å². The first kappa shape index (κ1) is 12.1. The van der Waals surface area contributed by atoms with E-state index in [4.69, 9.17) is 0 Å². The fraction of sp³-hybridized carbons (Fsp3) is 0.250. The summed E-state index contributed by atoms with van der Waals surface area (Å²) in [5, 5.41) is 18.9. The maximum atomic E-state index is 9.56. The summed E-state index contributed by atoms with van der Waals surface area (Å²) < 4.78 is 2.73. The van der Waals surface area contributed by atoms with Gasteiger partial charge in [0, 0.05) is 13.2 Å². The van der Waals surface area contributed by atoms with Crippen molar-refractivity contribution in [2.45, 2.75) is 6.04 Å². The summed E-state index contributed by atoms with van der Waals surface area (Å²) in [6.45, 7) is -0.0313. The average Bonchev–Trinajstić information content (AvgIpc) is 3.05. The summed E-state index contributed by atoms with van der Waals surface area (Å²) >= 11 is 1.58. The van der Waals surface area contributed by atoms with Crippen LogP contribution in [0.1, 0.15) is 11.7 Å². The number of nitrogens with one attached hydrogen (secondary N) is 1. The van der Waals surface area contributed by atoms with E-state index >= 15 is 0 Å². The van der Waals surface area contributed by atoms with E-state index in [0.717, 1.165) is 21.7 Å². The van der Waals surface area contributed by atoms with Crippen LogP contribution in [0.2, 0.25) is 0 Å². The van der Waals surface area contributed by atoms with Crippen LogP contribution in [-0.4, -0.2) is 31.5 Å². The summed E-state index contributed by atoms with van der Waals surface area (Å²) in [6.07, 6.45) is 3.23. The Hall–Kier alpha value is -1.99. The molecule has 3 aromatic rings. The number of rotatable bonds is 4. The second-order valence-corrected chi connectivity index (χ2v) is 5.03. The van der Waals surface area contributed by atoms with Crippen LogP contribution in [0, 0.1) is 0 Å². The van der Waals surface area contributed by atoms with Gasteiger partial charge in [0.25, 0.3) is 0 Å². The van der Waals surface area contributed by atoms with Crippen LogP contribution in [0.4, 0.5) is 5.82 Å². The van der Waals surface area contributed by atoms with E-state index in [1.807, 2.05) is 24.6 Å². The third-order valence-electron chi connectivity index (χ3n) is 2.95. The highest BCUT2D eigenvalue weighted by Crippen LogP contribution is 2.27. The topological polar surface area (TPSA) is 75.9 Å². The maximum absolute atomic E-state index is 9.56. The zero-order chi connectivity index (χ0) is 13.2. The molecule has 6 nitrogen and oxygen atoms in total. The lowest BCUT2D eigenvalue weighted by Gasteiger charge is -2.17. The molecular formula is C12H13N5OS. The molecule has 0 aromatic carbocycles. The van der Waals surface area contributed by atoms with E-state index in [-0.39, 0.29) is 12.6 Å². The number of hydrogen-bond acceptors (Lipinski definition) is 6. The van der Waals surface area contributed by atoms with Gasteiger partial charge in [0.15, 0.2) is 0 Å². The molecule has 7 heteroatoms. The normalized spacial score (nSPS) is 12.7. The lowest BCUT2D eigenvalue weighted by atomic mass is 10.2. The van der Waals surface area contributed by atoms with E-state index < -0.39 is 0 Å². The van der Waals surface area contributed by atoms with Gasteiger partial charge in [-0.25, -0.2) is 9.97 Å². The summed E-state index contributed by atoms with van der Waals surface area (Å²) in [5.41, 5.74) is 1.81. The number of aromatic nitrogens is 4. The van der Waals surface area contributed by atoms with E-state index in [1.54, 1.807) is 22.2 Å². The van der Waals surface area contributed by atoms with Crippen molar-refractivity contribution in [3.63, 3.8) is 0 Å².